The van der Waals surface area contributed by atoms with Gasteiger partial charge < -0.3 is 14.8 Å². The van der Waals surface area contributed by atoms with Gasteiger partial charge in [0, 0.05) is 44.5 Å². The van der Waals surface area contributed by atoms with E-state index in [0.29, 0.717) is 5.41 Å². The molecule has 0 atom stereocenters. The molecule has 0 saturated carbocycles. The van der Waals surface area contributed by atoms with Crippen LogP contribution in [0.4, 0.5) is 0 Å². The summed E-state index contributed by atoms with van der Waals surface area (Å²) < 4.78 is 10.6. The minimum Gasteiger partial charge on any atom is -0.383 e. The molecule has 0 spiro atoms. The average Bonchev–Trinajstić information content (AvgIpc) is 2.89. The second-order valence-corrected chi connectivity index (χ2v) is 5.90. The normalized spacial score (nSPS) is 18.9. The Kier molecular flexibility index (Phi) is 5.56. The lowest BCUT2D eigenvalue weighted by atomic mass is 9.77. The molecule has 2 heterocycles. The fraction of sp³-hybridized carbons (Fsp3) is 0.769. The SMILES string of the molecule is COCCNCC1(Cc2cncs2)CCOCC1. The molecule has 0 aliphatic carbocycles. The highest BCUT2D eigenvalue weighted by atomic mass is 32.1. The fourth-order valence-corrected chi connectivity index (χ4v) is 3.22. The summed E-state index contributed by atoms with van der Waals surface area (Å²) in [4.78, 5) is 5.56. The fourth-order valence-electron chi connectivity index (χ4n) is 2.45. The van der Waals surface area contributed by atoms with Crippen molar-refractivity contribution in [3.05, 3.63) is 16.6 Å². The van der Waals surface area contributed by atoms with E-state index in [2.05, 4.69) is 10.3 Å². The summed E-state index contributed by atoms with van der Waals surface area (Å²) in [5.74, 6) is 0. The lowest BCUT2D eigenvalue weighted by molar-refractivity contribution is 0.0147. The van der Waals surface area contributed by atoms with E-state index < -0.39 is 0 Å². The van der Waals surface area contributed by atoms with Gasteiger partial charge in [0.2, 0.25) is 0 Å². The van der Waals surface area contributed by atoms with Gasteiger partial charge in [0.25, 0.3) is 0 Å². The molecule has 1 fully saturated rings. The van der Waals surface area contributed by atoms with Crippen molar-refractivity contribution in [3.8, 4) is 0 Å². The lowest BCUT2D eigenvalue weighted by Crippen LogP contribution is -2.41. The molecule has 5 heteroatoms. The number of hydrogen-bond acceptors (Lipinski definition) is 5. The van der Waals surface area contributed by atoms with Crippen molar-refractivity contribution in [2.45, 2.75) is 19.3 Å². The Morgan fingerprint density at radius 3 is 3.00 bits per heavy atom. The molecule has 1 N–H and O–H groups in total. The van der Waals surface area contributed by atoms with Gasteiger partial charge in [0.1, 0.15) is 0 Å². The highest BCUT2D eigenvalue weighted by molar-refractivity contribution is 7.09. The van der Waals surface area contributed by atoms with Crippen LogP contribution in [0.3, 0.4) is 0 Å². The Labute approximate surface area is 113 Å². The Hall–Kier alpha value is -0.490. The van der Waals surface area contributed by atoms with Gasteiger partial charge in [-0.05, 0) is 24.7 Å². The summed E-state index contributed by atoms with van der Waals surface area (Å²) in [6.45, 7) is 4.49. The van der Waals surface area contributed by atoms with Crippen molar-refractivity contribution < 1.29 is 9.47 Å². The van der Waals surface area contributed by atoms with Crippen LogP contribution in [0.5, 0.6) is 0 Å². The maximum Gasteiger partial charge on any atom is 0.0794 e. The quantitative estimate of drug-likeness (QED) is 0.766. The smallest absolute Gasteiger partial charge is 0.0794 e. The van der Waals surface area contributed by atoms with Crippen LogP contribution in [0.1, 0.15) is 17.7 Å². The summed E-state index contributed by atoms with van der Waals surface area (Å²) in [7, 11) is 1.74. The molecule has 18 heavy (non-hydrogen) atoms. The second-order valence-electron chi connectivity index (χ2n) is 4.93. The summed E-state index contributed by atoms with van der Waals surface area (Å²) in [6.07, 6.45) is 5.37. The van der Waals surface area contributed by atoms with Crippen molar-refractivity contribution in [2.24, 2.45) is 5.41 Å². The Bertz CT molecular complexity index is 324. The van der Waals surface area contributed by atoms with Crippen LogP contribution in [0.15, 0.2) is 11.7 Å². The Balaban J connectivity index is 1.89. The number of ether oxygens (including phenoxy) is 2. The van der Waals surface area contributed by atoms with Crippen molar-refractivity contribution in [3.63, 3.8) is 0 Å². The topological polar surface area (TPSA) is 43.4 Å². The minimum absolute atomic E-state index is 0.332. The van der Waals surface area contributed by atoms with Gasteiger partial charge in [-0.1, -0.05) is 0 Å². The molecule has 0 amide bonds. The average molecular weight is 270 g/mol. The zero-order valence-electron chi connectivity index (χ0n) is 11.0. The van der Waals surface area contributed by atoms with E-state index in [0.717, 1.165) is 52.2 Å². The van der Waals surface area contributed by atoms with Gasteiger partial charge in [0.05, 0.1) is 12.1 Å². The van der Waals surface area contributed by atoms with Crippen LogP contribution in [-0.2, 0) is 15.9 Å². The Morgan fingerprint density at radius 1 is 1.50 bits per heavy atom. The predicted molar refractivity (Wildman–Crippen MR) is 73.0 cm³/mol. The molecule has 1 aromatic rings. The number of hydrogen-bond donors (Lipinski definition) is 1. The van der Waals surface area contributed by atoms with Gasteiger partial charge in [-0.3, -0.25) is 4.98 Å². The largest absolute Gasteiger partial charge is 0.383 e. The molecule has 102 valence electrons. The van der Waals surface area contributed by atoms with E-state index in [9.17, 15) is 0 Å². The maximum atomic E-state index is 5.51. The van der Waals surface area contributed by atoms with E-state index in [1.165, 1.54) is 4.88 Å². The summed E-state index contributed by atoms with van der Waals surface area (Å²) in [5.41, 5.74) is 2.25. The number of nitrogens with one attached hydrogen (secondary N) is 1. The van der Waals surface area contributed by atoms with Gasteiger partial charge in [-0.15, -0.1) is 11.3 Å². The first-order chi connectivity index (χ1) is 8.85. The number of aromatic nitrogens is 1. The van der Waals surface area contributed by atoms with E-state index in [1.807, 2.05) is 11.7 Å². The molecule has 2 rings (SSSR count). The zero-order valence-corrected chi connectivity index (χ0v) is 11.8. The first kappa shape index (κ1) is 13.9. The van der Waals surface area contributed by atoms with Crippen LogP contribution < -0.4 is 5.32 Å². The van der Waals surface area contributed by atoms with Gasteiger partial charge in [0.15, 0.2) is 0 Å². The first-order valence-corrected chi connectivity index (χ1v) is 7.37. The first-order valence-electron chi connectivity index (χ1n) is 6.49. The van der Waals surface area contributed by atoms with E-state index in [4.69, 9.17) is 9.47 Å². The third-order valence-corrected chi connectivity index (χ3v) is 4.35. The molecule has 1 aromatic heterocycles. The van der Waals surface area contributed by atoms with Crippen molar-refractivity contribution in [2.75, 3.05) is 40.0 Å². The molecule has 0 bridgehead atoms. The standard InChI is InChI=1S/C13H22N2O2S/c1-16-7-4-14-10-13(2-5-17-6-3-13)8-12-9-15-11-18-12/h9,11,14H,2-8,10H2,1H3. The van der Waals surface area contributed by atoms with Crippen molar-refractivity contribution >= 4 is 11.3 Å². The van der Waals surface area contributed by atoms with Crippen molar-refractivity contribution in [1.82, 2.24) is 10.3 Å². The Morgan fingerprint density at radius 2 is 2.33 bits per heavy atom. The summed E-state index contributed by atoms with van der Waals surface area (Å²) >= 11 is 1.75. The van der Waals surface area contributed by atoms with Gasteiger partial charge in [-0.2, -0.15) is 0 Å². The van der Waals surface area contributed by atoms with E-state index in [-0.39, 0.29) is 0 Å². The molecule has 1 aliphatic heterocycles. The maximum absolute atomic E-state index is 5.51. The van der Waals surface area contributed by atoms with Crippen LogP contribution in [0, 0.1) is 5.41 Å². The van der Waals surface area contributed by atoms with Gasteiger partial charge >= 0.3 is 0 Å². The second kappa shape index (κ2) is 7.19. The molecular weight excluding hydrogens is 248 g/mol. The monoisotopic (exact) mass is 270 g/mol. The third kappa shape index (κ3) is 4.02. The highest BCUT2D eigenvalue weighted by Gasteiger charge is 2.32. The van der Waals surface area contributed by atoms with Crippen LogP contribution in [0.2, 0.25) is 0 Å². The van der Waals surface area contributed by atoms with Crippen LogP contribution in [-0.4, -0.2) is 45.0 Å². The minimum atomic E-state index is 0.332. The summed E-state index contributed by atoms with van der Waals surface area (Å²) in [5, 5.41) is 3.51. The number of methoxy groups -OCH3 is 1. The third-order valence-electron chi connectivity index (χ3n) is 3.57. The molecule has 4 nitrogen and oxygen atoms in total. The number of thiazole rings is 1. The molecule has 0 radical (unpaired) electrons. The van der Waals surface area contributed by atoms with Gasteiger partial charge in [-0.25, -0.2) is 0 Å². The predicted octanol–water partition coefficient (Wildman–Crippen LogP) is 1.72. The van der Waals surface area contributed by atoms with Crippen molar-refractivity contribution in [1.29, 1.82) is 0 Å². The van der Waals surface area contributed by atoms with Crippen LogP contribution in [0.25, 0.3) is 0 Å². The highest BCUT2D eigenvalue weighted by Crippen LogP contribution is 2.34. The van der Waals surface area contributed by atoms with Crippen LogP contribution >= 0.6 is 11.3 Å². The molecule has 0 unspecified atom stereocenters. The molecule has 1 saturated heterocycles. The molecular formula is C13H22N2O2S. The number of nitrogens with zero attached hydrogens (tertiary/aromatic N) is 1. The number of rotatable bonds is 7. The summed E-state index contributed by atoms with van der Waals surface area (Å²) in [6, 6.07) is 0. The molecule has 0 aromatic carbocycles. The van der Waals surface area contributed by atoms with E-state index in [1.54, 1.807) is 18.4 Å². The lowest BCUT2D eigenvalue weighted by Gasteiger charge is -2.37. The molecule has 1 aliphatic rings. The zero-order chi connectivity index (χ0) is 12.7. The van der Waals surface area contributed by atoms with E-state index >= 15 is 0 Å².